The molecule has 90 valence electrons. The van der Waals surface area contributed by atoms with Crippen molar-refractivity contribution in [3.8, 4) is 0 Å². The Labute approximate surface area is 105 Å². The van der Waals surface area contributed by atoms with Crippen molar-refractivity contribution in [3.05, 3.63) is 65.1 Å². The van der Waals surface area contributed by atoms with E-state index in [0.29, 0.717) is 5.57 Å². The van der Waals surface area contributed by atoms with E-state index >= 15 is 0 Å². The first-order chi connectivity index (χ1) is 8.59. The summed E-state index contributed by atoms with van der Waals surface area (Å²) in [6.07, 6.45) is 1.72. The summed E-state index contributed by atoms with van der Waals surface area (Å²) in [6, 6.07) is 8.02. The van der Waals surface area contributed by atoms with E-state index < -0.39 is 0 Å². The van der Waals surface area contributed by atoms with Crippen molar-refractivity contribution in [2.45, 2.75) is 12.8 Å². The third-order valence-electron chi connectivity index (χ3n) is 3.53. The number of rotatable bonds is 1. The van der Waals surface area contributed by atoms with Crippen molar-refractivity contribution in [2.24, 2.45) is 0 Å². The minimum absolute atomic E-state index is 0.0115. The number of carbonyl (C=O) groups excluding carboxylic acids is 1. The number of Topliss-reactive ketones (excluding diaryl/α,β-unsaturated/α-hetero) is 1. The molecule has 18 heavy (non-hydrogen) atoms. The monoisotopic (exact) mass is 239 g/mol. The number of aliphatic hydroxyl groups excluding tert-OH is 1. The van der Waals surface area contributed by atoms with E-state index in [1.807, 2.05) is 18.2 Å². The Morgan fingerprint density at radius 3 is 2.78 bits per heavy atom. The van der Waals surface area contributed by atoms with E-state index in [1.54, 1.807) is 6.08 Å². The van der Waals surface area contributed by atoms with Crippen LogP contribution in [0.25, 0.3) is 0 Å². The summed E-state index contributed by atoms with van der Waals surface area (Å²) >= 11 is 0. The van der Waals surface area contributed by atoms with E-state index in [0.717, 1.165) is 11.4 Å². The van der Waals surface area contributed by atoms with Crippen molar-refractivity contribution >= 4 is 11.5 Å². The lowest BCUT2D eigenvalue weighted by atomic mass is 9.87. The number of nitrogens with one attached hydrogen (secondary N) is 1. The normalized spacial score (nSPS) is 24.1. The van der Waals surface area contributed by atoms with Gasteiger partial charge in [-0.3, -0.25) is 4.79 Å². The molecule has 0 saturated carbocycles. The average molecular weight is 239 g/mol. The van der Waals surface area contributed by atoms with Crippen LogP contribution in [0.4, 0.5) is 5.69 Å². The van der Waals surface area contributed by atoms with E-state index in [4.69, 9.17) is 0 Å². The van der Waals surface area contributed by atoms with Crippen LogP contribution in [-0.4, -0.2) is 10.9 Å². The van der Waals surface area contributed by atoms with Crippen LogP contribution in [0.5, 0.6) is 0 Å². The van der Waals surface area contributed by atoms with E-state index in [9.17, 15) is 9.90 Å². The molecule has 0 unspecified atom stereocenters. The Bertz CT molecular complexity index is 638. The van der Waals surface area contributed by atoms with Crippen LogP contribution in [0, 0.1) is 0 Å². The molecule has 0 saturated heterocycles. The van der Waals surface area contributed by atoms with Gasteiger partial charge in [-0.05, 0) is 17.7 Å². The lowest BCUT2D eigenvalue weighted by molar-refractivity contribution is -0.113. The molecule has 3 heteroatoms. The molecule has 2 N–H and O–H groups in total. The highest BCUT2D eigenvalue weighted by atomic mass is 16.3. The first-order valence-corrected chi connectivity index (χ1v) is 5.84. The van der Waals surface area contributed by atoms with Crippen LogP contribution in [-0.2, 0) is 4.79 Å². The van der Waals surface area contributed by atoms with Gasteiger partial charge >= 0.3 is 0 Å². The number of hydrogen-bond donors (Lipinski definition) is 2. The second-order valence-corrected chi connectivity index (χ2v) is 4.60. The highest BCUT2D eigenvalue weighted by molar-refractivity contribution is 6.20. The molecule has 1 aliphatic carbocycles. The standard InChI is InChI=1S/C15H13NO2/c1-8-10-5-3-4-6-12(10)16-13(8)7-11-14(17)9(2)15(11)18/h3-8,16-17H,2H2,1H3/b13-7+/t8-/m0/s1. The fraction of sp³-hybridized carbons (Fsp3) is 0.133. The van der Waals surface area contributed by atoms with Gasteiger partial charge in [0.1, 0.15) is 5.76 Å². The number of allylic oxidation sites excluding steroid dienone is 4. The second-order valence-electron chi connectivity index (χ2n) is 4.60. The number of ketones is 1. The first kappa shape index (κ1) is 10.8. The summed E-state index contributed by atoms with van der Waals surface area (Å²) in [5.41, 5.74) is 3.74. The van der Waals surface area contributed by atoms with Gasteiger partial charge < -0.3 is 10.4 Å². The Hall–Kier alpha value is -2.29. The SMILES string of the molecule is C=C1C(=O)C(/C=C2/Nc3ccccc3[C@@H]2C)=C1O. The van der Waals surface area contributed by atoms with Crippen molar-refractivity contribution in [3.63, 3.8) is 0 Å². The molecule has 0 spiro atoms. The number of benzene rings is 1. The zero-order chi connectivity index (χ0) is 12.9. The average Bonchev–Trinajstić information content (AvgIpc) is 2.72. The number of fused-ring (bicyclic) bond motifs is 1. The number of hydrogen-bond acceptors (Lipinski definition) is 3. The van der Waals surface area contributed by atoms with Gasteiger partial charge in [-0.1, -0.05) is 31.7 Å². The fourth-order valence-electron chi connectivity index (χ4n) is 2.35. The smallest absolute Gasteiger partial charge is 0.199 e. The van der Waals surface area contributed by atoms with Crippen LogP contribution < -0.4 is 5.32 Å². The van der Waals surface area contributed by atoms with Crippen molar-refractivity contribution in [1.82, 2.24) is 0 Å². The van der Waals surface area contributed by atoms with Crippen molar-refractivity contribution < 1.29 is 9.90 Å². The molecule has 0 radical (unpaired) electrons. The lowest BCUT2D eigenvalue weighted by Crippen LogP contribution is -2.20. The zero-order valence-corrected chi connectivity index (χ0v) is 10.0. The summed E-state index contributed by atoms with van der Waals surface area (Å²) < 4.78 is 0. The third-order valence-corrected chi connectivity index (χ3v) is 3.53. The summed E-state index contributed by atoms with van der Waals surface area (Å²) in [5, 5.41) is 12.9. The Kier molecular flexibility index (Phi) is 2.17. The predicted molar refractivity (Wildman–Crippen MR) is 70.4 cm³/mol. The van der Waals surface area contributed by atoms with Crippen LogP contribution in [0.15, 0.2) is 59.5 Å². The van der Waals surface area contributed by atoms with Gasteiger partial charge in [0.2, 0.25) is 0 Å². The van der Waals surface area contributed by atoms with Crippen LogP contribution in [0.2, 0.25) is 0 Å². The number of para-hydroxylation sites is 1. The van der Waals surface area contributed by atoms with Crippen LogP contribution >= 0.6 is 0 Å². The molecule has 0 fully saturated rings. The molecule has 3 rings (SSSR count). The molecule has 1 atom stereocenters. The summed E-state index contributed by atoms with van der Waals surface area (Å²) in [5.74, 6) is 0.0329. The van der Waals surface area contributed by atoms with Gasteiger partial charge in [-0.2, -0.15) is 0 Å². The molecule has 0 bridgehead atoms. The molecule has 1 heterocycles. The zero-order valence-electron chi connectivity index (χ0n) is 10.0. The van der Waals surface area contributed by atoms with Gasteiger partial charge in [0.05, 0.1) is 11.1 Å². The quantitative estimate of drug-likeness (QED) is 0.740. The maximum absolute atomic E-state index is 11.5. The third kappa shape index (κ3) is 1.34. The summed E-state index contributed by atoms with van der Waals surface area (Å²) in [4.78, 5) is 11.5. The first-order valence-electron chi connectivity index (χ1n) is 5.84. The molecule has 2 aliphatic rings. The molecule has 3 nitrogen and oxygen atoms in total. The molecule has 0 aromatic heterocycles. The fourth-order valence-corrected chi connectivity index (χ4v) is 2.35. The topological polar surface area (TPSA) is 49.3 Å². The van der Waals surface area contributed by atoms with Crippen molar-refractivity contribution in [2.75, 3.05) is 5.32 Å². The van der Waals surface area contributed by atoms with Gasteiger partial charge in [-0.15, -0.1) is 0 Å². The second kappa shape index (κ2) is 3.60. The van der Waals surface area contributed by atoms with Gasteiger partial charge in [0, 0.05) is 17.3 Å². The minimum atomic E-state index is -0.176. The van der Waals surface area contributed by atoms with Crippen LogP contribution in [0.3, 0.4) is 0 Å². The minimum Gasteiger partial charge on any atom is -0.506 e. The Morgan fingerprint density at radius 1 is 1.39 bits per heavy atom. The van der Waals surface area contributed by atoms with Crippen molar-refractivity contribution in [1.29, 1.82) is 0 Å². The molecule has 1 aliphatic heterocycles. The lowest BCUT2D eigenvalue weighted by Gasteiger charge is -2.18. The maximum Gasteiger partial charge on any atom is 0.199 e. The molecular formula is C15H13NO2. The number of anilines is 1. The summed E-state index contributed by atoms with van der Waals surface area (Å²) in [6.45, 7) is 5.57. The largest absolute Gasteiger partial charge is 0.506 e. The molecular weight excluding hydrogens is 226 g/mol. The van der Waals surface area contributed by atoms with E-state index in [1.165, 1.54) is 5.56 Å². The highest BCUT2D eigenvalue weighted by Crippen LogP contribution is 2.39. The molecule has 1 aromatic rings. The van der Waals surface area contributed by atoms with E-state index in [-0.39, 0.29) is 23.0 Å². The summed E-state index contributed by atoms with van der Waals surface area (Å²) in [7, 11) is 0. The Balaban J connectivity index is 1.99. The molecule has 0 amide bonds. The highest BCUT2D eigenvalue weighted by Gasteiger charge is 2.32. The Morgan fingerprint density at radius 2 is 2.11 bits per heavy atom. The van der Waals surface area contributed by atoms with Gasteiger partial charge in [0.25, 0.3) is 0 Å². The number of aliphatic hydroxyl groups is 1. The van der Waals surface area contributed by atoms with Crippen LogP contribution in [0.1, 0.15) is 18.4 Å². The number of carbonyl (C=O) groups is 1. The van der Waals surface area contributed by atoms with Gasteiger partial charge in [-0.25, -0.2) is 0 Å². The predicted octanol–water partition coefficient (Wildman–Crippen LogP) is 3.05. The molecule has 1 aromatic carbocycles. The van der Waals surface area contributed by atoms with E-state index in [2.05, 4.69) is 24.9 Å². The maximum atomic E-state index is 11.5. The van der Waals surface area contributed by atoms with Gasteiger partial charge in [0.15, 0.2) is 5.78 Å².